The first-order chi connectivity index (χ1) is 9.83. The van der Waals surface area contributed by atoms with Crippen molar-refractivity contribution >= 4 is 22.9 Å². The number of phenolic OH excluding ortho intramolecular Hbond substituents is 1. The van der Waals surface area contributed by atoms with Gasteiger partial charge in [-0.1, -0.05) is 30.3 Å². The molecule has 0 amide bonds. The van der Waals surface area contributed by atoms with Crippen LogP contribution in [-0.2, 0) is 0 Å². The number of rotatable bonds is 3. The number of hydrogen-bond acceptors (Lipinski definition) is 4. The molecular weight excluding hydrogens is 250 g/mol. The molecule has 0 aliphatic rings. The smallest absolute Gasteiger partial charge is 0.146 e. The quantitative estimate of drug-likeness (QED) is 0.562. The van der Waals surface area contributed by atoms with E-state index in [1.807, 2.05) is 42.5 Å². The Morgan fingerprint density at radius 1 is 0.950 bits per heavy atom. The molecule has 98 valence electrons. The van der Waals surface area contributed by atoms with Gasteiger partial charge in [-0.15, -0.1) is 0 Å². The molecule has 1 heterocycles. The van der Waals surface area contributed by atoms with Gasteiger partial charge in [-0.25, -0.2) is 4.98 Å². The standard InChI is InChI=1S/C16H13N3O/c20-15-8-4-2-6-13(15)11-17-19-16-10-9-12-5-1-3-7-14(12)18-16/h1-11,20H,(H,18,19)/b17-11-. The van der Waals surface area contributed by atoms with E-state index < -0.39 is 0 Å². The van der Waals surface area contributed by atoms with Crippen molar-refractivity contribution in [3.8, 4) is 5.75 Å². The number of hydrazone groups is 1. The van der Waals surface area contributed by atoms with Gasteiger partial charge in [0.25, 0.3) is 0 Å². The Labute approximate surface area is 116 Å². The highest BCUT2D eigenvalue weighted by Gasteiger charge is 1.97. The normalized spacial score (nSPS) is 11.0. The second-order valence-electron chi connectivity index (χ2n) is 4.32. The summed E-state index contributed by atoms with van der Waals surface area (Å²) in [5.74, 6) is 0.861. The summed E-state index contributed by atoms with van der Waals surface area (Å²) in [6, 6.07) is 18.8. The first-order valence-electron chi connectivity index (χ1n) is 6.26. The Balaban J connectivity index is 1.78. The summed E-state index contributed by atoms with van der Waals surface area (Å²) >= 11 is 0. The van der Waals surface area contributed by atoms with Gasteiger partial charge < -0.3 is 5.11 Å². The molecule has 0 aliphatic carbocycles. The number of aromatic hydroxyl groups is 1. The lowest BCUT2D eigenvalue weighted by Crippen LogP contribution is -1.93. The van der Waals surface area contributed by atoms with Crippen molar-refractivity contribution in [2.75, 3.05) is 5.43 Å². The van der Waals surface area contributed by atoms with Crippen molar-refractivity contribution in [3.63, 3.8) is 0 Å². The zero-order chi connectivity index (χ0) is 13.8. The van der Waals surface area contributed by atoms with E-state index in [4.69, 9.17) is 0 Å². The molecule has 20 heavy (non-hydrogen) atoms. The van der Waals surface area contributed by atoms with Crippen molar-refractivity contribution in [1.82, 2.24) is 4.98 Å². The van der Waals surface area contributed by atoms with Crippen LogP contribution >= 0.6 is 0 Å². The summed E-state index contributed by atoms with van der Waals surface area (Å²) in [6.45, 7) is 0. The number of aromatic nitrogens is 1. The third kappa shape index (κ3) is 2.59. The molecule has 0 atom stereocenters. The van der Waals surface area contributed by atoms with E-state index >= 15 is 0 Å². The fourth-order valence-corrected chi connectivity index (χ4v) is 1.89. The summed E-state index contributed by atoms with van der Waals surface area (Å²) in [7, 11) is 0. The van der Waals surface area contributed by atoms with E-state index in [0.717, 1.165) is 10.9 Å². The van der Waals surface area contributed by atoms with E-state index in [1.165, 1.54) is 0 Å². The van der Waals surface area contributed by atoms with Gasteiger partial charge in [-0.3, -0.25) is 5.43 Å². The lowest BCUT2D eigenvalue weighted by Gasteiger charge is -2.02. The van der Waals surface area contributed by atoms with Crippen molar-refractivity contribution in [2.24, 2.45) is 5.10 Å². The zero-order valence-corrected chi connectivity index (χ0v) is 10.7. The molecule has 4 heteroatoms. The summed E-state index contributed by atoms with van der Waals surface area (Å²) in [5.41, 5.74) is 4.43. The SMILES string of the molecule is Oc1ccccc1/C=N\Nc1ccc2ccccc2n1. The van der Waals surface area contributed by atoms with E-state index in [-0.39, 0.29) is 5.75 Å². The van der Waals surface area contributed by atoms with Gasteiger partial charge in [0.15, 0.2) is 0 Å². The van der Waals surface area contributed by atoms with Crippen LogP contribution in [0.2, 0.25) is 0 Å². The maximum absolute atomic E-state index is 9.61. The van der Waals surface area contributed by atoms with Gasteiger partial charge in [-0.05, 0) is 30.3 Å². The zero-order valence-electron chi connectivity index (χ0n) is 10.7. The lowest BCUT2D eigenvalue weighted by molar-refractivity contribution is 0.474. The molecule has 0 saturated carbocycles. The number of phenols is 1. The predicted octanol–water partition coefficient (Wildman–Crippen LogP) is 3.39. The molecule has 3 aromatic rings. The van der Waals surface area contributed by atoms with E-state index in [1.54, 1.807) is 24.4 Å². The number of benzene rings is 2. The second-order valence-corrected chi connectivity index (χ2v) is 4.32. The molecule has 3 rings (SSSR count). The molecule has 2 N–H and O–H groups in total. The summed E-state index contributed by atoms with van der Waals surface area (Å²) in [6.07, 6.45) is 1.56. The molecule has 4 nitrogen and oxygen atoms in total. The highest BCUT2D eigenvalue weighted by molar-refractivity contribution is 5.84. The summed E-state index contributed by atoms with van der Waals surface area (Å²) in [5, 5.41) is 14.8. The van der Waals surface area contributed by atoms with Crippen molar-refractivity contribution in [1.29, 1.82) is 0 Å². The van der Waals surface area contributed by atoms with E-state index in [9.17, 15) is 5.11 Å². The lowest BCUT2D eigenvalue weighted by atomic mass is 10.2. The fraction of sp³-hybridized carbons (Fsp3) is 0. The van der Waals surface area contributed by atoms with Gasteiger partial charge in [-0.2, -0.15) is 5.10 Å². The molecule has 0 fully saturated rings. The maximum Gasteiger partial charge on any atom is 0.146 e. The minimum Gasteiger partial charge on any atom is -0.507 e. The molecule has 0 saturated heterocycles. The van der Waals surface area contributed by atoms with Crippen LogP contribution in [-0.4, -0.2) is 16.3 Å². The van der Waals surface area contributed by atoms with E-state index in [0.29, 0.717) is 11.4 Å². The Kier molecular flexibility index (Phi) is 3.29. The van der Waals surface area contributed by atoms with Crippen LogP contribution in [0.5, 0.6) is 5.75 Å². The van der Waals surface area contributed by atoms with Crippen LogP contribution in [0.1, 0.15) is 5.56 Å². The number of nitrogens with one attached hydrogen (secondary N) is 1. The van der Waals surface area contributed by atoms with Crippen LogP contribution in [0.15, 0.2) is 65.8 Å². The minimum atomic E-state index is 0.199. The molecule has 0 radical (unpaired) electrons. The number of anilines is 1. The summed E-state index contributed by atoms with van der Waals surface area (Å²) in [4.78, 5) is 4.44. The number of fused-ring (bicyclic) bond motifs is 1. The third-order valence-electron chi connectivity index (χ3n) is 2.92. The van der Waals surface area contributed by atoms with Crippen molar-refractivity contribution < 1.29 is 5.11 Å². The number of pyridine rings is 1. The Morgan fingerprint density at radius 2 is 1.75 bits per heavy atom. The van der Waals surface area contributed by atoms with Gasteiger partial charge in [0.05, 0.1) is 11.7 Å². The van der Waals surface area contributed by atoms with E-state index in [2.05, 4.69) is 15.5 Å². The molecule has 1 aromatic heterocycles. The first kappa shape index (κ1) is 12.2. The van der Waals surface area contributed by atoms with Crippen LogP contribution < -0.4 is 5.43 Å². The van der Waals surface area contributed by atoms with Gasteiger partial charge in [0.2, 0.25) is 0 Å². The number of hydrogen-bond donors (Lipinski definition) is 2. The monoisotopic (exact) mass is 263 g/mol. The average molecular weight is 263 g/mol. The molecule has 0 bridgehead atoms. The van der Waals surface area contributed by atoms with Crippen molar-refractivity contribution in [2.45, 2.75) is 0 Å². The molecule has 0 aliphatic heterocycles. The fourth-order valence-electron chi connectivity index (χ4n) is 1.89. The molecule has 2 aromatic carbocycles. The van der Waals surface area contributed by atoms with Crippen LogP contribution in [0.3, 0.4) is 0 Å². The molecule has 0 spiro atoms. The van der Waals surface area contributed by atoms with Gasteiger partial charge >= 0.3 is 0 Å². The topological polar surface area (TPSA) is 57.5 Å². The highest BCUT2D eigenvalue weighted by Crippen LogP contribution is 2.15. The Bertz CT molecular complexity index is 768. The summed E-state index contributed by atoms with van der Waals surface area (Å²) < 4.78 is 0. The number of nitrogens with zero attached hydrogens (tertiary/aromatic N) is 2. The highest BCUT2D eigenvalue weighted by atomic mass is 16.3. The Morgan fingerprint density at radius 3 is 2.65 bits per heavy atom. The van der Waals surface area contributed by atoms with Gasteiger partial charge in [0.1, 0.15) is 11.6 Å². The minimum absolute atomic E-state index is 0.199. The van der Waals surface area contributed by atoms with Crippen LogP contribution in [0.4, 0.5) is 5.82 Å². The first-order valence-corrected chi connectivity index (χ1v) is 6.26. The predicted molar refractivity (Wildman–Crippen MR) is 81.1 cm³/mol. The Hall–Kier alpha value is -2.88. The maximum atomic E-state index is 9.61. The third-order valence-corrected chi connectivity index (χ3v) is 2.92. The van der Waals surface area contributed by atoms with Crippen LogP contribution in [0, 0.1) is 0 Å². The van der Waals surface area contributed by atoms with Gasteiger partial charge in [0, 0.05) is 10.9 Å². The van der Waals surface area contributed by atoms with Crippen LogP contribution in [0.25, 0.3) is 10.9 Å². The average Bonchev–Trinajstić information content (AvgIpc) is 2.49. The second kappa shape index (κ2) is 5.40. The molecular formula is C16H13N3O. The number of para-hydroxylation sites is 2. The largest absolute Gasteiger partial charge is 0.507 e. The molecule has 0 unspecified atom stereocenters. The van der Waals surface area contributed by atoms with Crippen molar-refractivity contribution in [3.05, 3.63) is 66.2 Å².